The van der Waals surface area contributed by atoms with Crippen molar-refractivity contribution in [3.8, 4) is 0 Å². The van der Waals surface area contributed by atoms with Crippen LogP contribution >= 0.6 is 22.9 Å². The van der Waals surface area contributed by atoms with Gasteiger partial charge in [-0.05, 0) is 57.4 Å². The maximum Gasteiger partial charge on any atom is 0.0771 e. The van der Waals surface area contributed by atoms with Crippen LogP contribution in [0.3, 0.4) is 0 Å². The van der Waals surface area contributed by atoms with Crippen LogP contribution in [0.25, 0.3) is 0 Å². The second-order valence-corrected chi connectivity index (χ2v) is 9.94. The van der Waals surface area contributed by atoms with Gasteiger partial charge >= 0.3 is 0 Å². The lowest BCUT2D eigenvalue weighted by Crippen LogP contribution is -2.20. The van der Waals surface area contributed by atoms with Crippen molar-refractivity contribution in [2.24, 2.45) is 11.8 Å². The Kier molecular flexibility index (Phi) is 11.0. The zero-order valence-electron chi connectivity index (χ0n) is 17.5. The minimum absolute atomic E-state index is 0.0820. The Morgan fingerprint density at radius 3 is 2.63 bits per heavy atom. The third-order valence-corrected chi connectivity index (χ3v) is 7.37. The molecule has 0 spiro atoms. The van der Waals surface area contributed by atoms with E-state index in [1.165, 1.54) is 0 Å². The summed E-state index contributed by atoms with van der Waals surface area (Å²) in [5.41, 5.74) is 0. The molecular weight excluding hydrogens is 424 g/mol. The van der Waals surface area contributed by atoms with Gasteiger partial charge in [0.25, 0.3) is 0 Å². The van der Waals surface area contributed by atoms with Crippen LogP contribution in [0.5, 0.6) is 0 Å². The van der Waals surface area contributed by atoms with Gasteiger partial charge in [-0.1, -0.05) is 35.9 Å². The van der Waals surface area contributed by atoms with Gasteiger partial charge in [-0.15, -0.1) is 11.3 Å². The molecule has 7 heteroatoms. The van der Waals surface area contributed by atoms with Crippen molar-refractivity contribution in [2.45, 2.75) is 76.3 Å². The Morgan fingerprint density at radius 1 is 1.20 bits per heavy atom. The molecule has 1 aromatic heterocycles. The predicted octanol–water partition coefficient (Wildman–Crippen LogP) is 3.39. The van der Waals surface area contributed by atoms with Crippen molar-refractivity contribution in [2.75, 3.05) is 6.61 Å². The molecule has 1 unspecified atom stereocenters. The zero-order chi connectivity index (χ0) is 22.1. The van der Waals surface area contributed by atoms with E-state index in [4.69, 9.17) is 16.7 Å². The molecule has 1 heterocycles. The number of thiophene rings is 1. The standard InChI is InChI=1S/C23H35ClO5S/c1-15-21(24)12-18(30-15)10-8-16(26)9-11-20-19(22(28)13-23(20)29)7-5-3-2-4-6-17(27)14-25/h3,5,9,11-12,16-17,19-20,22-23,25-29H,2,4,6-8,10,13-14H2,1H3/b5-3-,11-9?/t16-,17?,19+,20+,22-,23+/m0/s1. The Hall–Kier alpha value is -0.730. The smallest absolute Gasteiger partial charge is 0.0771 e. The minimum Gasteiger partial charge on any atom is -0.394 e. The third kappa shape index (κ3) is 8.08. The lowest BCUT2D eigenvalue weighted by Gasteiger charge is -2.19. The van der Waals surface area contributed by atoms with Crippen LogP contribution in [0.1, 0.15) is 48.3 Å². The molecule has 0 aromatic carbocycles. The first-order valence-electron chi connectivity index (χ1n) is 10.7. The van der Waals surface area contributed by atoms with Crippen molar-refractivity contribution in [1.29, 1.82) is 0 Å². The van der Waals surface area contributed by atoms with Crippen molar-refractivity contribution in [3.05, 3.63) is 45.1 Å². The van der Waals surface area contributed by atoms with Crippen LogP contribution in [0, 0.1) is 18.8 Å². The molecule has 170 valence electrons. The van der Waals surface area contributed by atoms with E-state index in [9.17, 15) is 20.4 Å². The first-order chi connectivity index (χ1) is 14.3. The summed E-state index contributed by atoms with van der Waals surface area (Å²) in [4.78, 5) is 2.23. The van der Waals surface area contributed by atoms with E-state index in [1.54, 1.807) is 17.4 Å². The first kappa shape index (κ1) is 25.5. The van der Waals surface area contributed by atoms with Gasteiger partial charge in [0.15, 0.2) is 0 Å². The van der Waals surface area contributed by atoms with Gasteiger partial charge in [-0.3, -0.25) is 0 Å². The summed E-state index contributed by atoms with van der Waals surface area (Å²) in [6.07, 6.45) is 9.66. The summed E-state index contributed by atoms with van der Waals surface area (Å²) in [5, 5.41) is 49.9. The highest BCUT2D eigenvalue weighted by Crippen LogP contribution is 2.36. The number of aliphatic hydroxyl groups is 5. The molecule has 1 aliphatic carbocycles. The average Bonchev–Trinajstić information content (AvgIpc) is 3.17. The molecular formula is C23H35ClO5S. The largest absolute Gasteiger partial charge is 0.394 e. The summed E-state index contributed by atoms with van der Waals surface area (Å²) < 4.78 is 0. The molecule has 1 aromatic rings. The van der Waals surface area contributed by atoms with Gasteiger partial charge in [-0.25, -0.2) is 0 Å². The molecule has 2 rings (SSSR count). The van der Waals surface area contributed by atoms with Crippen molar-refractivity contribution < 1.29 is 25.5 Å². The molecule has 5 N–H and O–H groups in total. The lowest BCUT2D eigenvalue weighted by molar-refractivity contribution is 0.0868. The monoisotopic (exact) mass is 458 g/mol. The number of hydrogen-bond donors (Lipinski definition) is 5. The highest BCUT2D eigenvalue weighted by Gasteiger charge is 2.39. The van der Waals surface area contributed by atoms with Crippen LogP contribution in [-0.2, 0) is 6.42 Å². The first-order valence-corrected chi connectivity index (χ1v) is 11.9. The maximum atomic E-state index is 10.3. The fourth-order valence-corrected chi connectivity index (χ4v) is 5.18. The molecule has 1 fully saturated rings. The van der Waals surface area contributed by atoms with Gasteiger partial charge in [0.1, 0.15) is 0 Å². The normalized spacial score (nSPS) is 26.8. The summed E-state index contributed by atoms with van der Waals surface area (Å²) in [7, 11) is 0. The quantitative estimate of drug-likeness (QED) is 0.244. The molecule has 1 saturated carbocycles. The molecule has 0 amide bonds. The number of rotatable bonds is 12. The second kappa shape index (κ2) is 13.0. The fourth-order valence-electron chi connectivity index (χ4n) is 3.92. The van der Waals surface area contributed by atoms with Gasteiger partial charge < -0.3 is 25.5 Å². The van der Waals surface area contributed by atoms with E-state index in [0.29, 0.717) is 25.7 Å². The average molecular weight is 459 g/mol. The van der Waals surface area contributed by atoms with E-state index in [1.807, 2.05) is 31.2 Å². The maximum absolute atomic E-state index is 10.3. The third-order valence-electron chi connectivity index (χ3n) is 5.76. The van der Waals surface area contributed by atoms with Gasteiger partial charge in [0.2, 0.25) is 0 Å². The minimum atomic E-state index is -0.660. The van der Waals surface area contributed by atoms with E-state index < -0.39 is 24.4 Å². The molecule has 0 aliphatic heterocycles. The summed E-state index contributed by atoms with van der Waals surface area (Å²) >= 11 is 7.73. The summed E-state index contributed by atoms with van der Waals surface area (Å²) in [6, 6.07) is 1.95. The van der Waals surface area contributed by atoms with E-state index in [0.717, 1.165) is 34.0 Å². The topological polar surface area (TPSA) is 101 Å². The van der Waals surface area contributed by atoms with E-state index in [2.05, 4.69) is 0 Å². The zero-order valence-corrected chi connectivity index (χ0v) is 19.1. The molecule has 6 atom stereocenters. The summed E-state index contributed by atoms with van der Waals surface area (Å²) in [6.45, 7) is 1.77. The fraction of sp³-hybridized carbons (Fsp3) is 0.652. The number of aryl methyl sites for hydroxylation is 2. The van der Waals surface area contributed by atoms with Crippen LogP contribution in [0.2, 0.25) is 5.02 Å². The van der Waals surface area contributed by atoms with Crippen molar-refractivity contribution in [3.63, 3.8) is 0 Å². The van der Waals surface area contributed by atoms with Crippen LogP contribution in [0.15, 0.2) is 30.4 Å². The number of allylic oxidation sites excluding steroid dienone is 2. The van der Waals surface area contributed by atoms with Gasteiger partial charge in [0.05, 0.1) is 36.0 Å². The Bertz CT molecular complexity index is 670. The van der Waals surface area contributed by atoms with Crippen LogP contribution < -0.4 is 0 Å². The lowest BCUT2D eigenvalue weighted by atomic mass is 9.89. The van der Waals surface area contributed by atoms with Crippen molar-refractivity contribution >= 4 is 22.9 Å². The molecule has 30 heavy (non-hydrogen) atoms. The van der Waals surface area contributed by atoms with E-state index >= 15 is 0 Å². The molecule has 5 nitrogen and oxygen atoms in total. The van der Waals surface area contributed by atoms with Crippen molar-refractivity contribution in [1.82, 2.24) is 0 Å². The van der Waals surface area contributed by atoms with Gasteiger partial charge in [-0.2, -0.15) is 0 Å². The van der Waals surface area contributed by atoms with Crippen LogP contribution in [-0.4, -0.2) is 56.6 Å². The van der Waals surface area contributed by atoms with Gasteiger partial charge in [0, 0.05) is 22.1 Å². The predicted molar refractivity (Wildman–Crippen MR) is 122 cm³/mol. The molecule has 0 saturated heterocycles. The Labute approximate surface area is 188 Å². The molecule has 1 aliphatic rings. The Balaban J connectivity index is 1.81. The van der Waals surface area contributed by atoms with Crippen LogP contribution in [0.4, 0.5) is 0 Å². The number of unbranched alkanes of at least 4 members (excludes halogenated alkanes) is 1. The molecule has 0 bridgehead atoms. The molecule has 0 radical (unpaired) electrons. The number of hydrogen-bond acceptors (Lipinski definition) is 6. The summed E-state index contributed by atoms with van der Waals surface area (Å²) in [5.74, 6) is -0.268. The number of aliphatic hydroxyl groups excluding tert-OH is 5. The highest BCUT2D eigenvalue weighted by molar-refractivity contribution is 7.12. The Morgan fingerprint density at radius 2 is 1.97 bits per heavy atom. The number of halogens is 1. The SMILES string of the molecule is Cc1sc(CC[C@H](O)C=C[C@@H]2[C@@H](C/C=C\CCCC(O)CO)[C@@H](O)C[C@H]2O)cc1Cl. The highest BCUT2D eigenvalue weighted by atomic mass is 35.5. The van der Waals surface area contributed by atoms with E-state index in [-0.39, 0.29) is 18.4 Å². The second-order valence-electron chi connectivity index (χ2n) is 8.19.